The topological polar surface area (TPSA) is 60.9 Å². The minimum absolute atomic E-state index is 0.110. The van der Waals surface area contributed by atoms with Crippen LogP contribution in [-0.4, -0.2) is 29.5 Å². The van der Waals surface area contributed by atoms with E-state index in [2.05, 4.69) is 9.88 Å². The Balaban J connectivity index is 1.41. The van der Waals surface area contributed by atoms with Crippen molar-refractivity contribution in [3.8, 4) is 17.2 Å². The minimum atomic E-state index is -0.110. The SMILES string of the molecule is COc1ccc(/C=C2\Oc3c(cc4c(c3C)OCN(Cc3cccnc3)C4)C2=O)cc1. The largest absolute Gasteiger partial charge is 0.497 e. The minimum Gasteiger partial charge on any atom is -0.497 e. The number of ketones is 1. The number of methoxy groups -OCH3 is 1. The third-order valence-electron chi connectivity index (χ3n) is 5.54. The Hall–Kier alpha value is -3.64. The standard InChI is InChI=1S/C25H22N2O4/c1-16-24-19(14-27(15-30-24)13-18-4-3-9-26-12-18)11-21-23(28)22(31-25(16)21)10-17-5-7-20(29-2)8-6-17/h3-12H,13-15H2,1-2H3/b22-10-. The summed E-state index contributed by atoms with van der Waals surface area (Å²) >= 11 is 0. The average molecular weight is 414 g/mol. The fraction of sp³-hybridized carbons (Fsp3) is 0.200. The van der Waals surface area contributed by atoms with Gasteiger partial charge in [0, 0.05) is 36.6 Å². The summed E-state index contributed by atoms with van der Waals surface area (Å²) < 4.78 is 17.2. The van der Waals surface area contributed by atoms with Crippen molar-refractivity contribution in [1.82, 2.24) is 9.88 Å². The van der Waals surface area contributed by atoms with E-state index in [-0.39, 0.29) is 5.78 Å². The van der Waals surface area contributed by atoms with Gasteiger partial charge in [-0.1, -0.05) is 18.2 Å². The van der Waals surface area contributed by atoms with Crippen LogP contribution >= 0.6 is 0 Å². The zero-order valence-corrected chi connectivity index (χ0v) is 17.4. The van der Waals surface area contributed by atoms with Crippen molar-refractivity contribution < 1.29 is 19.0 Å². The number of benzene rings is 2. The fourth-order valence-corrected chi connectivity index (χ4v) is 4.00. The predicted molar refractivity (Wildman–Crippen MR) is 116 cm³/mol. The van der Waals surface area contributed by atoms with E-state index in [1.54, 1.807) is 19.4 Å². The van der Waals surface area contributed by atoms with Crippen molar-refractivity contribution in [1.29, 1.82) is 0 Å². The zero-order valence-electron chi connectivity index (χ0n) is 17.4. The molecule has 6 nitrogen and oxygen atoms in total. The first-order valence-corrected chi connectivity index (χ1v) is 10.1. The summed E-state index contributed by atoms with van der Waals surface area (Å²) in [6.07, 6.45) is 5.38. The molecule has 6 heteroatoms. The normalized spacial score (nSPS) is 16.5. The molecule has 0 saturated heterocycles. The summed E-state index contributed by atoms with van der Waals surface area (Å²) in [5, 5.41) is 0. The predicted octanol–water partition coefficient (Wildman–Crippen LogP) is 4.37. The molecule has 0 amide bonds. The molecule has 2 aliphatic heterocycles. The molecule has 0 spiro atoms. The number of hydrogen-bond donors (Lipinski definition) is 0. The van der Waals surface area contributed by atoms with Gasteiger partial charge in [0.1, 0.15) is 24.0 Å². The zero-order chi connectivity index (χ0) is 21.4. The van der Waals surface area contributed by atoms with Gasteiger partial charge in [-0.15, -0.1) is 0 Å². The molecule has 0 bridgehead atoms. The number of aromatic nitrogens is 1. The quantitative estimate of drug-likeness (QED) is 0.591. The number of Topliss-reactive ketones (excluding diaryl/α,β-unsaturated/α-hetero) is 1. The van der Waals surface area contributed by atoms with Crippen LogP contribution in [0.3, 0.4) is 0 Å². The second-order valence-corrected chi connectivity index (χ2v) is 7.70. The lowest BCUT2D eigenvalue weighted by atomic mass is 10.00. The summed E-state index contributed by atoms with van der Waals surface area (Å²) in [4.78, 5) is 19.4. The van der Waals surface area contributed by atoms with E-state index in [0.29, 0.717) is 30.3 Å². The molecule has 0 radical (unpaired) electrons. The van der Waals surface area contributed by atoms with Gasteiger partial charge in [-0.2, -0.15) is 0 Å². The molecule has 2 aromatic carbocycles. The Morgan fingerprint density at radius 3 is 2.77 bits per heavy atom. The highest BCUT2D eigenvalue weighted by molar-refractivity contribution is 6.15. The third-order valence-corrected chi connectivity index (χ3v) is 5.54. The van der Waals surface area contributed by atoms with Crippen molar-refractivity contribution >= 4 is 11.9 Å². The molecule has 0 atom stereocenters. The Labute approximate surface area is 180 Å². The van der Waals surface area contributed by atoms with Gasteiger partial charge in [0.15, 0.2) is 5.76 Å². The van der Waals surface area contributed by atoms with Crippen LogP contribution in [0.25, 0.3) is 6.08 Å². The molecule has 0 N–H and O–H groups in total. The van der Waals surface area contributed by atoms with Gasteiger partial charge in [0.25, 0.3) is 0 Å². The summed E-state index contributed by atoms with van der Waals surface area (Å²) in [5.41, 5.74) is 4.44. The monoisotopic (exact) mass is 414 g/mol. The first-order chi connectivity index (χ1) is 15.1. The molecule has 2 aliphatic rings. The second kappa shape index (κ2) is 7.89. The molecular formula is C25H22N2O4. The molecule has 0 fully saturated rings. The number of carbonyl (C=O) groups excluding carboxylic acids is 1. The van der Waals surface area contributed by atoms with Crippen LogP contribution in [0.2, 0.25) is 0 Å². The van der Waals surface area contributed by atoms with E-state index in [0.717, 1.165) is 40.3 Å². The number of hydrogen-bond acceptors (Lipinski definition) is 6. The molecule has 156 valence electrons. The first-order valence-electron chi connectivity index (χ1n) is 10.1. The van der Waals surface area contributed by atoms with Crippen molar-refractivity contribution in [3.05, 3.63) is 88.4 Å². The van der Waals surface area contributed by atoms with Crippen LogP contribution in [0.4, 0.5) is 0 Å². The lowest BCUT2D eigenvalue weighted by Gasteiger charge is -2.30. The molecule has 3 heterocycles. The summed E-state index contributed by atoms with van der Waals surface area (Å²) in [6.45, 7) is 3.85. The van der Waals surface area contributed by atoms with E-state index < -0.39 is 0 Å². The van der Waals surface area contributed by atoms with E-state index in [9.17, 15) is 4.79 Å². The van der Waals surface area contributed by atoms with E-state index in [4.69, 9.17) is 14.2 Å². The average Bonchev–Trinajstić information content (AvgIpc) is 3.11. The number of nitrogens with zero attached hydrogens (tertiary/aromatic N) is 2. The van der Waals surface area contributed by atoms with Crippen LogP contribution in [0.1, 0.15) is 32.6 Å². The fourth-order valence-electron chi connectivity index (χ4n) is 4.00. The summed E-state index contributed by atoms with van der Waals surface area (Å²) in [7, 11) is 1.62. The Kier molecular flexibility index (Phi) is 4.92. The lowest BCUT2D eigenvalue weighted by Crippen LogP contribution is -2.32. The summed E-state index contributed by atoms with van der Waals surface area (Å²) in [6, 6.07) is 13.4. The number of rotatable bonds is 4. The third kappa shape index (κ3) is 3.66. The van der Waals surface area contributed by atoms with Crippen LogP contribution in [0, 0.1) is 6.92 Å². The smallest absolute Gasteiger partial charge is 0.231 e. The molecule has 31 heavy (non-hydrogen) atoms. The van der Waals surface area contributed by atoms with Crippen LogP contribution < -0.4 is 14.2 Å². The van der Waals surface area contributed by atoms with Gasteiger partial charge >= 0.3 is 0 Å². The number of allylic oxidation sites excluding steroid dienone is 1. The second-order valence-electron chi connectivity index (χ2n) is 7.70. The van der Waals surface area contributed by atoms with Crippen LogP contribution in [-0.2, 0) is 13.1 Å². The number of pyridine rings is 1. The number of fused-ring (bicyclic) bond motifs is 2. The highest BCUT2D eigenvalue weighted by Gasteiger charge is 2.33. The van der Waals surface area contributed by atoms with E-state index >= 15 is 0 Å². The van der Waals surface area contributed by atoms with Gasteiger partial charge in [0.05, 0.1) is 12.7 Å². The van der Waals surface area contributed by atoms with Gasteiger partial charge in [-0.25, -0.2) is 0 Å². The van der Waals surface area contributed by atoms with Crippen molar-refractivity contribution in [3.63, 3.8) is 0 Å². The molecular weight excluding hydrogens is 392 g/mol. The van der Waals surface area contributed by atoms with E-state index in [1.165, 1.54) is 0 Å². The Morgan fingerprint density at radius 1 is 1.19 bits per heavy atom. The summed E-state index contributed by atoms with van der Waals surface area (Å²) in [5.74, 6) is 2.36. The highest BCUT2D eigenvalue weighted by Crippen LogP contribution is 2.43. The maximum Gasteiger partial charge on any atom is 0.231 e. The Morgan fingerprint density at radius 2 is 2.03 bits per heavy atom. The molecule has 0 unspecified atom stereocenters. The molecule has 1 aromatic heterocycles. The van der Waals surface area contributed by atoms with Gasteiger partial charge in [-0.05, 0) is 48.4 Å². The van der Waals surface area contributed by atoms with Crippen molar-refractivity contribution in [2.75, 3.05) is 13.8 Å². The maximum absolute atomic E-state index is 13.1. The van der Waals surface area contributed by atoms with Crippen molar-refractivity contribution in [2.45, 2.75) is 20.0 Å². The van der Waals surface area contributed by atoms with Gasteiger partial charge in [0.2, 0.25) is 5.78 Å². The molecule has 0 saturated carbocycles. The lowest BCUT2D eigenvalue weighted by molar-refractivity contribution is 0.0876. The highest BCUT2D eigenvalue weighted by atomic mass is 16.5. The van der Waals surface area contributed by atoms with Gasteiger partial charge < -0.3 is 14.2 Å². The van der Waals surface area contributed by atoms with Crippen LogP contribution in [0.15, 0.2) is 60.6 Å². The molecule has 5 rings (SSSR count). The number of carbonyl (C=O) groups is 1. The maximum atomic E-state index is 13.1. The van der Waals surface area contributed by atoms with Gasteiger partial charge in [-0.3, -0.25) is 14.7 Å². The Bertz CT molecular complexity index is 1170. The number of ether oxygens (including phenoxy) is 3. The first kappa shape index (κ1) is 19.3. The van der Waals surface area contributed by atoms with E-state index in [1.807, 2.05) is 55.6 Å². The van der Waals surface area contributed by atoms with Crippen LogP contribution in [0.5, 0.6) is 17.2 Å². The molecule has 3 aromatic rings. The van der Waals surface area contributed by atoms with Crippen molar-refractivity contribution in [2.24, 2.45) is 0 Å². The molecule has 0 aliphatic carbocycles.